The molecule has 0 fully saturated rings. The fraction of sp³-hybridized carbons (Fsp3) is 0.250. The third-order valence-corrected chi connectivity index (χ3v) is 3.39. The minimum atomic E-state index is 0.944. The van der Waals surface area contributed by atoms with Crippen LogP contribution in [0.3, 0.4) is 0 Å². The molecule has 0 aliphatic heterocycles. The number of benzene rings is 1. The van der Waals surface area contributed by atoms with E-state index in [1.165, 1.54) is 14.7 Å². The molecule has 0 saturated heterocycles. The summed E-state index contributed by atoms with van der Waals surface area (Å²) in [5.74, 6) is 0. The largest absolute Gasteiger partial charge is 0.0617 e. The summed E-state index contributed by atoms with van der Waals surface area (Å²) in [6.07, 6.45) is 0. The molecule has 0 amide bonds. The topological polar surface area (TPSA) is 0 Å². The second-order valence-corrected chi connectivity index (χ2v) is 3.66. The zero-order valence-corrected chi connectivity index (χ0v) is 8.97. The van der Waals surface area contributed by atoms with Gasteiger partial charge in [-0.25, -0.2) is 0 Å². The van der Waals surface area contributed by atoms with Crippen LogP contribution in [0.5, 0.6) is 0 Å². The van der Waals surface area contributed by atoms with Crippen LogP contribution in [0, 0.1) is 10.5 Å². The predicted octanol–water partition coefficient (Wildman–Crippen LogP) is 2.27. The van der Waals surface area contributed by atoms with Crippen LogP contribution in [0.25, 0.3) is 0 Å². The third-order valence-electron chi connectivity index (χ3n) is 1.46. The lowest BCUT2D eigenvalue weighted by Crippen LogP contribution is -1.90. The highest BCUT2D eigenvalue weighted by atomic mass is 127. The van der Waals surface area contributed by atoms with Crippen molar-refractivity contribution < 1.29 is 0 Å². The van der Waals surface area contributed by atoms with Crippen LogP contribution in [0.1, 0.15) is 11.1 Å². The smallest absolute Gasteiger partial charge is 0.0284 e. The van der Waals surface area contributed by atoms with Crippen molar-refractivity contribution in [3.05, 3.63) is 32.9 Å². The fourth-order valence-corrected chi connectivity index (χ4v) is 2.05. The van der Waals surface area contributed by atoms with Crippen molar-refractivity contribution in [3.8, 4) is 0 Å². The Hall–Kier alpha value is 0.167. The third kappa shape index (κ3) is 1.60. The first-order valence-electron chi connectivity index (χ1n) is 3.14. The molecule has 1 aromatic carbocycles. The average molecular weight is 259 g/mol. The van der Waals surface area contributed by atoms with Gasteiger partial charge in [0, 0.05) is 13.8 Å². The minimum absolute atomic E-state index is 0.944. The van der Waals surface area contributed by atoms with Crippen LogP contribution in [0.4, 0.5) is 0 Å². The van der Waals surface area contributed by atoms with E-state index in [2.05, 4.69) is 58.0 Å². The molecule has 10 heavy (non-hydrogen) atoms. The molecule has 51 valence electrons. The Labute approximate surface area is 78.6 Å². The maximum absolute atomic E-state index is 3.48. The van der Waals surface area contributed by atoms with Gasteiger partial charge in [-0.15, -0.1) is 0 Å². The highest BCUT2D eigenvalue weighted by molar-refractivity contribution is 14.1. The molecule has 0 saturated carbocycles. The molecule has 0 aliphatic rings. The van der Waals surface area contributed by atoms with Crippen LogP contribution in [-0.4, -0.2) is 10.2 Å². The number of halogens is 1. The van der Waals surface area contributed by atoms with Crippen molar-refractivity contribution in [3.63, 3.8) is 0 Å². The summed E-state index contributed by atoms with van der Waals surface area (Å²) >= 11 is 2.37. The van der Waals surface area contributed by atoms with Crippen molar-refractivity contribution in [2.24, 2.45) is 0 Å². The first-order chi connectivity index (χ1) is 4.75. The van der Waals surface area contributed by atoms with Gasteiger partial charge in [0.1, 0.15) is 0 Å². The SMILES string of the molecule is Cc1cccc(C[Si])c1I. The van der Waals surface area contributed by atoms with E-state index in [4.69, 9.17) is 0 Å². The van der Waals surface area contributed by atoms with E-state index in [0.29, 0.717) is 0 Å². The standard InChI is InChI=1S/C8H8ISi/c1-6-3-2-4-7(5-10)8(6)9/h2-4H,5H2,1H3. The van der Waals surface area contributed by atoms with Gasteiger partial charge < -0.3 is 0 Å². The van der Waals surface area contributed by atoms with Crippen molar-refractivity contribution in [2.75, 3.05) is 0 Å². The highest BCUT2D eigenvalue weighted by Crippen LogP contribution is 2.15. The zero-order chi connectivity index (χ0) is 7.56. The van der Waals surface area contributed by atoms with Gasteiger partial charge in [-0.05, 0) is 46.7 Å². The minimum Gasteiger partial charge on any atom is -0.0617 e. The summed E-state index contributed by atoms with van der Waals surface area (Å²) in [6.45, 7) is 2.13. The Morgan fingerprint density at radius 3 is 2.70 bits per heavy atom. The molecular weight excluding hydrogens is 251 g/mol. The van der Waals surface area contributed by atoms with E-state index in [1.807, 2.05) is 0 Å². The lowest BCUT2D eigenvalue weighted by atomic mass is 10.2. The molecule has 0 atom stereocenters. The van der Waals surface area contributed by atoms with E-state index in [-0.39, 0.29) is 0 Å². The summed E-state index contributed by atoms with van der Waals surface area (Å²) in [6, 6.07) is 7.31. The normalized spacial score (nSPS) is 9.90. The van der Waals surface area contributed by atoms with Crippen molar-refractivity contribution >= 4 is 32.8 Å². The number of hydrogen-bond acceptors (Lipinski definition) is 0. The molecule has 0 aliphatic carbocycles. The molecule has 0 aromatic heterocycles. The predicted molar refractivity (Wildman–Crippen MR) is 53.4 cm³/mol. The number of aryl methyl sites for hydroxylation is 1. The van der Waals surface area contributed by atoms with Gasteiger partial charge >= 0.3 is 0 Å². The fourth-order valence-electron chi connectivity index (χ4n) is 0.845. The monoisotopic (exact) mass is 259 g/mol. The van der Waals surface area contributed by atoms with E-state index < -0.39 is 0 Å². The second kappa shape index (κ2) is 3.53. The second-order valence-electron chi connectivity index (χ2n) is 2.22. The van der Waals surface area contributed by atoms with E-state index >= 15 is 0 Å². The molecule has 0 N–H and O–H groups in total. The van der Waals surface area contributed by atoms with Gasteiger partial charge in [-0.2, -0.15) is 0 Å². The van der Waals surface area contributed by atoms with Crippen LogP contribution < -0.4 is 0 Å². The van der Waals surface area contributed by atoms with E-state index in [9.17, 15) is 0 Å². The van der Waals surface area contributed by atoms with Gasteiger partial charge in [-0.1, -0.05) is 18.2 Å². The van der Waals surface area contributed by atoms with E-state index in [1.54, 1.807) is 0 Å². The van der Waals surface area contributed by atoms with Crippen LogP contribution in [0.2, 0.25) is 0 Å². The first-order valence-corrected chi connectivity index (χ1v) is 4.93. The summed E-state index contributed by atoms with van der Waals surface area (Å²) in [5.41, 5.74) is 2.73. The lowest BCUT2D eigenvalue weighted by Gasteiger charge is -2.02. The highest BCUT2D eigenvalue weighted by Gasteiger charge is 1.97. The molecule has 0 nitrogen and oxygen atoms in total. The molecule has 1 rings (SSSR count). The van der Waals surface area contributed by atoms with Crippen LogP contribution in [-0.2, 0) is 6.04 Å². The maximum atomic E-state index is 3.48. The number of hydrogen-bond donors (Lipinski definition) is 0. The van der Waals surface area contributed by atoms with Gasteiger partial charge in [0.05, 0.1) is 0 Å². The summed E-state index contributed by atoms with van der Waals surface area (Å²) in [4.78, 5) is 0. The maximum Gasteiger partial charge on any atom is 0.0284 e. The Morgan fingerprint density at radius 1 is 1.50 bits per heavy atom. The Morgan fingerprint density at radius 2 is 2.20 bits per heavy atom. The summed E-state index contributed by atoms with van der Waals surface area (Å²) in [7, 11) is 3.48. The molecule has 1 aromatic rings. The van der Waals surface area contributed by atoms with Crippen LogP contribution in [0.15, 0.2) is 18.2 Å². The van der Waals surface area contributed by atoms with Crippen molar-refractivity contribution in [1.29, 1.82) is 0 Å². The van der Waals surface area contributed by atoms with Gasteiger partial charge in [0.2, 0.25) is 0 Å². The van der Waals surface area contributed by atoms with Gasteiger partial charge in [0.25, 0.3) is 0 Å². The van der Waals surface area contributed by atoms with Crippen molar-refractivity contribution in [1.82, 2.24) is 0 Å². The van der Waals surface area contributed by atoms with Crippen molar-refractivity contribution in [2.45, 2.75) is 13.0 Å². The zero-order valence-electron chi connectivity index (χ0n) is 5.82. The summed E-state index contributed by atoms with van der Waals surface area (Å²) < 4.78 is 1.37. The molecule has 2 heteroatoms. The quantitative estimate of drug-likeness (QED) is 0.536. The molecular formula is C8H8ISi. The molecule has 0 spiro atoms. The molecule has 3 radical (unpaired) electrons. The Kier molecular flexibility index (Phi) is 2.91. The Bertz CT molecular complexity index is 233. The molecule has 0 heterocycles. The van der Waals surface area contributed by atoms with Crippen LogP contribution >= 0.6 is 22.6 Å². The lowest BCUT2D eigenvalue weighted by molar-refractivity contribution is 1.30. The summed E-state index contributed by atoms with van der Waals surface area (Å²) in [5, 5.41) is 0. The average Bonchev–Trinajstić information content (AvgIpc) is 1.95. The first kappa shape index (κ1) is 8.27. The molecule has 0 bridgehead atoms. The Balaban J connectivity index is 3.14. The number of rotatable bonds is 1. The van der Waals surface area contributed by atoms with E-state index in [0.717, 1.165) is 6.04 Å². The van der Waals surface area contributed by atoms with Gasteiger partial charge in [-0.3, -0.25) is 0 Å². The molecule has 0 unspecified atom stereocenters. The van der Waals surface area contributed by atoms with Gasteiger partial charge in [0.15, 0.2) is 0 Å².